The van der Waals surface area contributed by atoms with E-state index in [0.29, 0.717) is 30.0 Å². The van der Waals surface area contributed by atoms with Crippen molar-refractivity contribution in [2.75, 3.05) is 6.54 Å². The fourth-order valence-corrected chi connectivity index (χ4v) is 3.41. The highest BCUT2D eigenvalue weighted by Crippen LogP contribution is 2.17. The Morgan fingerprint density at radius 3 is 2.59 bits per heavy atom. The smallest absolute Gasteiger partial charge is 0.252 e. The maximum atomic E-state index is 12.3. The molecule has 0 unspecified atom stereocenters. The van der Waals surface area contributed by atoms with Crippen LogP contribution in [0.25, 0.3) is 11.0 Å². The van der Waals surface area contributed by atoms with Gasteiger partial charge in [0.2, 0.25) is 5.91 Å². The number of aromatic nitrogens is 2. The van der Waals surface area contributed by atoms with Gasteiger partial charge in [-0.2, -0.15) is 0 Å². The maximum Gasteiger partial charge on any atom is 0.252 e. The lowest BCUT2D eigenvalue weighted by Gasteiger charge is -2.12. The van der Waals surface area contributed by atoms with E-state index in [4.69, 9.17) is 11.6 Å². The molecule has 0 saturated heterocycles. The zero-order valence-electron chi connectivity index (χ0n) is 16.6. The van der Waals surface area contributed by atoms with Gasteiger partial charge in [0.25, 0.3) is 5.91 Å². The summed E-state index contributed by atoms with van der Waals surface area (Å²) >= 11 is 6.07. The predicted molar refractivity (Wildman–Crippen MR) is 115 cm³/mol. The van der Waals surface area contributed by atoms with Gasteiger partial charge in [0.05, 0.1) is 21.6 Å². The van der Waals surface area contributed by atoms with E-state index in [1.54, 1.807) is 24.3 Å². The number of nitrogens with one attached hydrogen (secondary N) is 2. The Morgan fingerprint density at radius 1 is 1.10 bits per heavy atom. The van der Waals surface area contributed by atoms with Gasteiger partial charge >= 0.3 is 0 Å². The van der Waals surface area contributed by atoms with Crippen LogP contribution < -0.4 is 10.6 Å². The zero-order chi connectivity index (χ0) is 20.8. The highest BCUT2D eigenvalue weighted by Gasteiger charge is 2.14. The summed E-state index contributed by atoms with van der Waals surface area (Å²) in [5, 5.41) is 6.25. The van der Waals surface area contributed by atoms with E-state index in [0.717, 1.165) is 16.9 Å². The molecule has 2 amide bonds. The predicted octanol–water partition coefficient (Wildman–Crippen LogP) is 3.58. The van der Waals surface area contributed by atoms with Crippen molar-refractivity contribution in [2.45, 2.75) is 39.3 Å². The average Bonchev–Trinajstić information content (AvgIpc) is 3.02. The summed E-state index contributed by atoms with van der Waals surface area (Å²) in [5.74, 6) is 0.592. The van der Waals surface area contributed by atoms with E-state index in [1.807, 2.05) is 42.7 Å². The summed E-state index contributed by atoms with van der Waals surface area (Å²) in [6.45, 7) is 4.59. The molecule has 0 fully saturated rings. The first-order chi connectivity index (χ1) is 14.0. The van der Waals surface area contributed by atoms with Crippen molar-refractivity contribution in [2.24, 2.45) is 0 Å². The minimum absolute atomic E-state index is 0.0450. The fourth-order valence-electron chi connectivity index (χ4n) is 3.19. The van der Waals surface area contributed by atoms with E-state index >= 15 is 0 Å². The third kappa shape index (κ3) is 5.35. The van der Waals surface area contributed by atoms with Crippen LogP contribution >= 0.6 is 11.6 Å². The van der Waals surface area contributed by atoms with Gasteiger partial charge in [-0.15, -0.1) is 0 Å². The monoisotopic (exact) mass is 412 g/mol. The van der Waals surface area contributed by atoms with Crippen LogP contribution in [-0.4, -0.2) is 34.0 Å². The van der Waals surface area contributed by atoms with Crippen LogP contribution in [0.2, 0.25) is 5.02 Å². The molecule has 0 aliphatic rings. The number of hydrogen-bond acceptors (Lipinski definition) is 3. The molecule has 3 rings (SSSR count). The Morgan fingerprint density at radius 2 is 1.83 bits per heavy atom. The number of carbonyl (C=O) groups excluding carboxylic acids is 2. The molecule has 29 heavy (non-hydrogen) atoms. The highest BCUT2D eigenvalue weighted by molar-refractivity contribution is 6.33. The summed E-state index contributed by atoms with van der Waals surface area (Å²) < 4.78 is 1.95. The largest absolute Gasteiger partial charge is 0.352 e. The minimum atomic E-state index is -0.194. The molecule has 6 nitrogen and oxygen atoms in total. The molecule has 0 radical (unpaired) electrons. The Bertz CT molecular complexity index is 1010. The van der Waals surface area contributed by atoms with Crippen molar-refractivity contribution in [3.05, 3.63) is 64.9 Å². The second-order valence-electron chi connectivity index (χ2n) is 7.16. The van der Waals surface area contributed by atoms with Crippen molar-refractivity contribution in [3.8, 4) is 0 Å². The fraction of sp³-hybridized carbons (Fsp3) is 0.318. The average molecular weight is 413 g/mol. The third-order valence-corrected chi connectivity index (χ3v) is 4.80. The number of nitrogens with zero attached hydrogens (tertiary/aromatic N) is 2. The summed E-state index contributed by atoms with van der Waals surface area (Å²) in [4.78, 5) is 29.2. The van der Waals surface area contributed by atoms with Crippen LogP contribution in [0.5, 0.6) is 0 Å². The Kier molecular flexibility index (Phi) is 6.88. The molecule has 0 aliphatic heterocycles. The van der Waals surface area contributed by atoms with Crippen molar-refractivity contribution >= 4 is 34.4 Å². The molecule has 0 saturated carbocycles. The molecule has 1 aromatic heterocycles. The highest BCUT2D eigenvalue weighted by atomic mass is 35.5. The van der Waals surface area contributed by atoms with Crippen LogP contribution in [0.1, 0.15) is 36.5 Å². The van der Waals surface area contributed by atoms with Crippen molar-refractivity contribution in [1.29, 1.82) is 0 Å². The summed E-state index contributed by atoms with van der Waals surface area (Å²) in [6.07, 6.45) is 1.34. The number of para-hydroxylation sites is 2. The van der Waals surface area contributed by atoms with Gasteiger partial charge in [0, 0.05) is 19.0 Å². The molecule has 0 aliphatic carbocycles. The van der Waals surface area contributed by atoms with Crippen LogP contribution in [0.4, 0.5) is 0 Å². The Labute approximate surface area is 175 Å². The Balaban J connectivity index is 1.65. The topological polar surface area (TPSA) is 76.0 Å². The van der Waals surface area contributed by atoms with Gasteiger partial charge in [-0.05, 0) is 44.5 Å². The van der Waals surface area contributed by atoms with Gasteiger partial charge in [-0.1, -0.05) is 35.9 Å². The number of imidazole rings is 1. The van der Waals surface area contributed by atoms with Gasteiger partial charge in [0.1, 0.15) is 12.4 Å². The molecule has 7 heteroatoms. The minimum Gasteiger partial charge on any atom is -0.352 e. The van der Waals surface area contributed by atoms with E-state index < -0.39 is 0 Å². The molecule has 152 valence electrons. The second-order valence-corrected chi connectivity index (χ2v) is 7.57. The van der Waals surface area contributed by atoms with Crippen molar-refractivity contribution < 1.29 is 9.59 Å². The van der Waals surface area contributed by atoms with Crippen molar-refractivity contribution in [1.82, 2.24) is 20.2 Å². The summed E-state index contributed by atoms with van der Waals surface area (Å²) in [5.41, 5.74) is 2.26. The molecule has 0 spiro atoms. The lowest BCUT2D eigenvalue weighted by molar-refractivity contribution is -0.122. The molecular weight excluding hydrogens is 388 g/mol. The van der Waals surface area contributed by atoms with Gasteiger partial charge in [-0.3, -0.25) is 9.59 Å². The molecule has 1 heterocycles. The van der Waals surface area contributed by atoms with Gasteiger partial charge < -0.3 is 15.2 Å². The molecule has 2 aromatic carbocycles. The molecule has 2 N–H and O–H groups in total. The van der Waals surface area contributed by atoms with E-state index in [-0.39, 0.29) is 24.4 Å². The number of halogens is 1. The normalized spacial score (nSPS) is 11.0. The van der Waals surface area contributed by atoms with E-state index in [9.17, 15) is 9.59 Å². The van der Waals surface area contributed by atoms with Crippen LogP contribution in [0.3, 0.4) is 0 Å². The first kappa shape index (κ1) is 20.9. The Hall–Kier alpha value is -2.86. The standard InChI is InChI=1S/C22H25ClN4O2/c1-15(2)25-21(28)14-27-19-11-6-5-10-18(19)26-20(27)12-7-13-24-22(29)16-8-3-4-9-17(16)23/h3-6,8-11,15H,7,12-14H2,1-2H3,(H,24,29)(H,25,28). The SMILES string of the molecule is CC(C)NC(=O)Cn1c(CCCNC(=O)c2ccccc2Cl)nc2ccccc21. The lowest BCUT2D eigenvalue weighted by Crippen LogP contribution is -2.33. The lowest BCUT2D eigenvalue weighted by atomic mass is 10.2. The van der Waals surface area contributed by atoms with Gasteiger partial charge in [-0.25, -0.2) is 4.98 Å². The maximum absolute atomic E-state index is 12.3. The summed E-state index contributed by atoms with van der Waals surface area (Å²) in [7, 11) is 0. The third-order valence-electron chi connectivity index (χ3n) is 4.47. The zero-order valence-corrected chi connectivity index (χ0v) is 17.4. The number of hydrogen-bond donors (Lipinski definition) is 2. The van der Waals surface area contributed by atoms with Crippen LogP contribution in [0.15, 0.2) is 48.5 Å². The first-order valence-electron chi connectivity index (χ1n) is 9.72. The quantitative estimate of drug-likeness (QED) is 0.555. The second kappa shape index (κ2) is 9.56. The first-order valence-corrected chi connectivity index (χ1v) is 10.1. The van der Waals surface area contributed by atoms with E-state index in [1.165, 1.54) is 0 Å². The number of carbonyl (C=O) groups is 2. The molecular formula is C22H25ClN4O2. The van der Waals surface area contributed by atoms with Crippen LogP contribution in [0, 0.1) is 0 Å². The number of amides is 2. The van der Waals surface area contributed by atoms with Crippen LogP contribution in [-0.2, 0) is 17.8 Å². The molecule has 3 aromatic rings. The van der Waals surface area contributed by atoms with Gasteiger partial charge in [0.15, 0.2) is 0 Å². The van der Waals surface area contributed by atoms with E-state index in [2.05, 4.69) is 15.6 Å². The molecule has 0 atom stereocenters. The van der Waals surface area contributed by atoms with Crippen molar-refractivity contribution in [3.63, 3.8) is 0 Å². The number of rotatable bonds is 8. The number of benzene rings is 2. The summed E-state index contributed by atoms with van der Waals surface area (Å²) in [6, 6.07) is 14.8. The number of fused-ring (bicyclic) bond motifs is 1. The number of aryl methyl sites for hydroxylation is 1. The molecule has 0 bridgehead atoms.